The molecule has 0 N–H and O–H groups in total. The van der Waals surface area contributed by atoms with Gasteiger partial charge in [0.2, 0.25) is 0 Å². The van der Waals surface area contributed by atoms with E-state index in [1.165, 1.54) is 0 Å². The van der Waals surface area contributed by atoms with Gasteiger partial charge < -0.3 is 0 Å². The van der Waals surface area contributed by atoms with Crippen LogP contribution in [0.15, 0.2) is 9.98 Å². The molecular formula is C13H24N2. The minimum Gasteiger partial charge on any atom is -0.291 e. The zero-order chi connectivity index (χ0) is 11.7. The Hall–Kier alpha value is -0.660. The van der Waals surface area contributed by atoms with E-state index in [0.717, 1.165) is 6.42 Å². The molecule has 2 atom stereocenters. The number of hydrogen-bond donors (Lipinski definition) is 0. The van der Waals surface area contributed by atoms with Crippen molar-refractivity contribution in [3.63, 3.8) is 0 Å². The molecule has 0 heterocycles. The van der Waals surface area contributed by atoms with Crippen molar-refractivity contribution in [2.75, 3.05) is 0 Å². The topological polar surface area (TPSA) is 24.7 Å². The van der Waals surface area contributed by atoms with E-state index in [-0.39, 0.29) is 10.8 Å². The maximum Gasteiger partial charge on any atom is 0.0741 e. The Morgan fingerprint density at radius 1 is 0.800 bits per heavy atom. The lowest BCUT2D eigenvalue weighted by Crippen LogP contribution is -2.08. The highest BCUT2D eigenvalue weighted by Crippen LogP contribution is 2.30. The van der Waals surface area contributed by atoms with E-state index in [4.69, 9.17) is 0 Å². The van der Waals surface area contributed by atoms with Gasteiger partial charge in [-0.3, -0.25) is 9.98 Å². The third-order valence-corrected chi connectivity index (χ3v) is 2.03. The molecule has 2 nitrogen and oxygen atoms in total. The molecule has 0 unspecified atom stereocenters. The van der Waals surface area contributed by atoms with Gasteiger partial charge in [-0.15, -0.1) is 0 Å². The molecule has 1 aliphatic carbocycles. The van der Waals surface area contributed by atoms with Crippen molar-refractivity contribution in [2.45, 2.75) is 60.0 Å². The zero-order valence-corrected chi connectivity index (χ0v) is 10.9. The molecule has 0 aliphatic heterocycles. The molecular weight excluding hydrogens is 184 g/mol. The molecule has 15 heavy (non-hydrogen) atoms. The molecule has 0 bridgehead atoms. The van der Waals surface area contributed by atoms with Crippen LogP contribution >= 0.6 is 0 Å². The molecule has 2 heteroatoms. The second-order valence-corrected chi connectivity index (χ2v) is 6.66. The average Bonchev–Trinajstić information content (AvgIpc) is 2.73. The summed E-state index contributed by atoms with van der Waals surface area (Å²) in [6.45, 7) is 13.0. The summed E-state index contributed by atoms with van der Waals surface area (Å²) in [5.41, 5.74) is 0.391. The molecule has 1 rings (SSSR count). The van der Waals surface area contributed by atoms with Crippen LogP contribution in [0.25, 0.3) is 0 Å². The Kier molecular flexibility index (Phi) is 3.37. The minimum absolute atomic E-state index is 0.195. The van der Waals surface area contributed by atoms with Crippen molar-refractivity contribution in [1.82, 2.24) is 0 Å². The minimum atomic E-state index is 0.195. The molecule has 0 saturated heterocycles. The fraction of sp³-hybridized carbons (Fsp3) is 0.846. The largest absolute Gasteiger partial charge is 0.291 e. The third-order valence-electron chi connectivity index (χ3n) is 2.03. The van der Waals surface area contributed by atoms with Gasteiger partial charge in [0.15, 0.2) is 0 Å². The van der Waals surface area contributed by atoms with Crippen molar-refractivity contribution in [3.05, 3.63) is 0 Å². The Bertz CT molecular complexity index is 235. The van der Waals surface area contributed by atoms with E-state index in [1.54, 1.807) is 0 Å². The summed E-state index contributed by atoms with van der Waals surface area (Å²) in [5.74, 6) is 0. The summed E-state index contributed by atoms with van der Waals surface area (Å²) in [6.07, 6.45) is 5.24. The molecule has 0 aromatic heterocycles. The number of hydrogen-bond acceptors (Lipinski definition) is 2. The van der Waals surface area contributed by atoms with E-state index in [2.05, 4.69) is 64.0 Å². The van der Waals surface area contributed by atoms with Crippen molar-refractivity contribution in [3.8, 4) is 0 Å². The van der Waals surface area contributed by atoms with Gasteiger partial charge in [0, 0.05) is 12.4 Å². The van der Waals surface area contributed by atoms with Crippen molar-refractivity contribution in [2.24, 2.45) is 20.8 Å². The molecule has 0 aromatic rings. The average molecular weight is 208 g/mol. The van der Waals surface area contributed by atoms with Crippen molar-refractivity contribution in [1.29, 1.82) is 0 Å². The van der Waals surface area contributed by atoms with Gasteiger partial charge in [0.25, 0.3) is 0 Å². The van der Waals surface area contributed by atoms with Crippen molar-refractivity contribution < 1.29 is 0 Å². The highest BCUT2D eigenvalue weighted by molar-refractivity contribution is 5.66. The van der Waals surface area contributed by atoms with Gasteiger partial charge in [-0.05, 0) is 17.3 Å². The first-order valence-corrected chi connectivity index (χ1v) is 5.76. The van der Waals surface area contributed by atoms with E-state index < -0.39 is 0 Å². The van der Waals surface area contributed by atoms with Crippen LogP contribution in [-0.2, 0) is 0 Å². The van der Waals surface area contributed by atoms with Crippen molar-refractivity contribution >= 4 is 12.4 Å². The summed E-state index contributed by atoms with van der Waals surface area (Å²) in [6, 6.07) is 0.894. The van der Waals surface area contributed by atoms with Crippen LogP contribution in [0.3, 0.4) is 0 Å². The third kappa shape index (κ3) is 5.71. The Labute approximate surface area is 93.9 Å². The van der Waals surface area contributed by atoms with Gasteiger partial charge in [-0.2, -0.15) is 0 Å². The summed E-state index contributed by atoms with van der Waals surface area (Å²) >= 11 is 0. The van der Waals surface area contributed by atoms with E-state index in [1.807, 2.05) is 0 Å². The second-order valence-electron chi connectivity index (χ2n) is 6.66. The molecule has 1 aliphatic rings. The normalized spacial score (nSPS) is 27.9. The molecule has 0 radical (unpaired) electrons. The molecule has 86 valence electrons. The fourth-order valence-corrected chi connectivity index (χ4v) is 1.13. The SMILES string of the molecule is CC(C)(C)C=N[C@H]1C[C@H]1N=CC(C)(C)C. The van der Waals surface area contributed by atoms with E-state index in [9.17, 15) is 0 Å². The van der Waals surface area contributed by atoms with Gasteiger partial charge >= 0.3 is 0 Å². The van der Waals surface area contributed by atoms with Crippen LogP contribution in [0, 0.1) is 10.8 Å². The van der Waals surface area contributed by atoms with E-state index in [0.29, 0.717) is 12.1 Å². The number of nitrogens with zero attached hydrogens (tertiary/aromatic N) is 2. The smallest absolute Gasteiger partial charge is 0.0741 e. The molecule has 0 amide bonds. The van der Waals surface area contributed by atoms with Crippen LogP contribution in [-0.4, -0.2) is 24.5 Å². The summed E-state index contributed by atoms with van der Waals surface area (Å²) < 4.78 is 0. The summed E-state index contributed by atoms with van der Waals surface area (Å²) in [7, 11) is 0. The predicted octanol–water partition coefficient (Wildman–Crippen LogP) is 3.36. The Balaban J connectivity index is 2.36. The quantitative estimate of drug-likeness (QED) is 0.622. The standard InChI is InChI=1S/C13H24N2/c1-12(2,3)8-14-10-7-11(10)15-9-13(4,5)6/h8-11H,7H2,1-6H3/t10-,11+. The number of rotatable bonds is 2. The van der Waals surface area contributed by atoms with Crippen LogP contribution in [0.1, 0.15) is 48.0 Å². The van der Waals surface area contributed by atoms with Crippen LogP contribution in [0.4, 0.5) is 0 Å². The van der Waals surface area contributed by atoms with Crippen LogP contribution in [0.2, 0.25) is 0 Å². The molecule has 0 aromatic carbocycles. The lowest BCUT2D eigenvalue weighted by atomic mass is 9.99. The van der Waals surface area contributed by atoms with Crippen LogP contribution in [0.5, 0.6) is 0 Å². The predicted molar refractivity (Wildman–Crippen MR) is 68.1 cm³/mol. The van der Waals surface area contributed by atoms with Gasteiger partial charge in [-0.1, -0.05) is 41.5 Å². The molecule has 1 fully saturated rings. The maximum absolute atomic E-state index is 4.55. The lowest BCUT2D eigenvalue weighted by Gasteiger charge is -2.10. The van der Waals surface area contributed by atoms with Gasteiger partial charge in [0.1, 0.15) is 0 Å². The highest BCUT2D eigenvalue weighted by Gasteiger charge is 2.36. The Morgan fingerprint density at radius 2 is 1.13 bits per heavy atom. The van der Waals surface area contributed by atoms with Gasteiger partial charge in [-0.25, -0.2) is 0 Å². The van der Waals surface area contributed by atoms with Gasteiger partial charge in [0.05, 0.1) is 12.1 Å². The van der Waals surface area contributed by atoms with E-state index >= 15 is 0 Å². The molecule has 0 spiro atoms. The first-order valence-electron chi connectivity index (χ1n) is 5.76. The first-order chi connectivity index (χ1) is 6.67. The summed E-state index contributed by atoms with van der Waals surface area (Å²) in [4.78, 5) is 9.10. The van der Waals surface area contributed by atoms with Crippen LogP contribution < -0.4 is 0 Å². The Morgan fingerprint density at radius 3 is 1.40 bits per heavy atom. The summed E-state index contributed by atoms with van der Waals surface area (Å²) in [5, 5.41) is 0. The fourth-order valence-electron chi connectivity index (χ4n) is 1.13. The lowest BCUT2D eigenvalue weighted by molar-refractivity contribution is 0.600. The zero-order valence-electron chi connectivity index (χ0n) is 10.9. The second kappa shape index (κ2) is 4.07. The number of aliphatic imine (C=N–C) groups is 2. The maximum atomic E-state index is 4.55. The highest BCUT2D eigenvalue weighted by atomic mass is 15.0. The first kappa shape index (κ1) is 12.4. The molecule has 1 saturated carbocycles. The monoisotopic (exact) mass is 208 g/mol.